The first-order valence-electron chi connectivity index (χ1n) is 4.67. The largest absolute Gasteiger partial charge is 0.477 e. The standard InChI is InChI=1S/C10H14N2O3/c1-15-7-3-6-11-9-5-2-4-8(12-9)10(13)14/h2,4-5H,3,6-7H2,1H3,(H,11,12)(H,13,14). The minimum absolute atomic E-state index is 0.0479. The number of hydrogen-bond donors (Lipinski definition) is 2. The highest BCUT2D eigenvalue weighted by Crippen LogP contribution is 2.04. The smallest absolute Gasteiger partial charge is 0.354 e. The van der Waals surface area contributed by atoms with Crippen molar-refractivity contribution in [3.05, 3.63) is 23.9 Å². The number of carboxylic acid groups (broad SMARTS) is 1. The number of nitrogens with zero attached hydrogens (tertiary/aromatic N) is 1. The van der Waals surface area contributed by atoms with Crippen molar-refractivity contribution in [2.75, 3.05) is 25.6 Å². The van der Waals surface area contributed by atoms with Crippen molar-refractivity contribution in [2.24, 2.45) is 0 Å². The van der Waals surface area contributed by atoms with Crippen LogP contribution in [0, 0.1) is 0 Å². The number of carbonyl (C=O) groups is 1. The van der Waals surface area contributed by atoms with Crippen molar-refractivity contribution in [2.45, 2.75) is 6.42 Å². The molecule has 0 radical (unpaired) electrons. The van der Waals surface area contributed by atoms with E-state index in [2.05, 4.69) is 10.3 Å². The molecule has 15 heavy (non-hydrogen) atoms. The molecule has 0 bridgehead atoms. The van der Waals surface area contributed by atoms with Gasteiger partial charge in [0.15, 0.2) is 5.69 Å². The maximum absolute atomic E-state index is 10.6. The van der Waals surface area contributed by atoms with E-state index in [1.54, 1.807) is 19.2 Å². The summed E-state index contributed by atoms with van der Waals surface area (Å²) >= 11 is 0. The SMILES string of the molecule is COCCCNc1cccc(C(=O)O)n1. The number of pyridine rings is 1. The van der Waals surface area contributed by atoms with Gasteiger partial charge in [-0.3, -0.25) is 0 Å². The van der Waals surface area contributed by atoms with E-state index in [4.69, 9.17) is 9.84 Å². The second kappa shape index (κ2) is 5.98. The predicted octanol–water partition coefficient (Wildman–Crippen LogP) is 1.23. The topological polar surface area (TPSA) is 71.5 Å². The molecule has 0 aromatic carbocycles. The zero-order valence-corrected chi connectivity index (χ0v) is 8.56. The molecule has 0 saturated heterocycles. The second-order valence-corrected chi connectivity index (χ2v) is 2.99. The Balaban J connectivity index is 2.47. The minimum atomic E-state index is -1.02. The summed E-state index contributed by atoms with van der Waals surface area (Å²) in [5.41, 5.74) is 0.0479. The van der Waals surface area contributed by atoms with Gasteiger partial charge in [-0.2, -0.15) is 0 Å². The van der Waals surface area contributed by atoms with Crippen LogP contribution in [0.25, 0.3) is 0 Å². The third kappa shape index (κ3) is 3.95. The molecule has 0 atom stereocenters. The fourth-order valence-electron chi connectivity index (χ4n) is 1.09. The first-order valence-corrected chi connectivity index (χ1v) is 4.67. The maximum Gasteiger partial charge on any atom is 0.354 e. The van der Waals surface area contributed by atoms with Crippen molar-refractivity contribution >= 4 is 11.8 Å². The molecule has 82 valence electrons. The van der Waals surface area contributed by atoms with Crippen LogP contribution in [0.1, 0.15) is 16.9 Å². The van der Waals surface area contributed by atoms with Crippen LogP contribution in [-0.4, -0.2) is 36.3 Å². The number of nitrogens with one attached hydrogen (secondary N) is 1. The Hall–Kier alpha value is -1.62. The summed E-state index contributed by atoms with van der Waals surface area (Å²) in [4.78, 5) is 14.5. The summed E-state index contributed by atoms with van der Waals surface area (Å²) in [6.07, 6.45) is 0.857. The lowest BCUT2D eigenvalue weighted by Gasteiger charge is -2.05. The van der Waals surface area contributed by atoms with Crippen molar-refractivity contribution in [3.63, 3.8) is 0 Å². The molecule has 1 aromatic rings. The number of aromatic nitrogens is 1. The van der Waals surface area contributed by atoms with E-state index < -0.39 is 5.97 Å². The molecule has 0 aliphatic rings. The summed E-state index contributed by atoms with van der Waals surface area (Å²) in [5.74, 6) is -0.443. The molecule has 0 amide bonds. The quantitative estimate of drug-likeness (QED) is 0.691. The Labute approximate surface area is 88.1 Å². The van der Waals surface area contributed by atoms with E-state index in [-0.39, 0.29) is 5.69 Å². The number of ether oxygens (including phenoxy) is 1. The Bertz CT molecular complexity index is 328. The van der Waals surface area contributed by atoms with E-state index in [0.29, 0.717) is 19.0 Å². The maximum atomic E-state index is 10.6. The third-order valence-electron chi connectivity index (χ3n) is 1.80. The van der Waals surface area contributed by atoms with Crippen LogP contribution in [0.15, 0.2) is 18.2 Å². The van der Waals surface area contributed by atoms with Crippen LogP contribution in [0.3, 0.4) is 0 Å². The first kappa shape index (κ1) is 11.5. The summed E-state index contributed by atoms with van der Waals surface area (Å²) in [7, 11) is 1.64. The molecule has 1 heterocycles. The van der Waals surface area contributed by atoms with Gasteiger partial charge in [0.05, 0.1) is 0 Å². The van der Waals surface area contributed by atoms with Gasteiger partial charge in [-0.1, -0.05) is 6.07 Å². The number of anilines is 1. The van der Waals surface area contributed by atoms with Gasteiger partial charge in [-0.15, -0.1) is 0 Å². The molecular weight excluding hydrogens is 196 g/mol. The zero-order valence-electron chi connectivity index (χ0n) is 8.56. The molecule has 5 heteroatoms. The van der Waals surface area contributed by atoms with Gasteiger partial charge in [0.25, 0.3) is 0 Å². The molecular formula is C10H14N2O3. The number of carboxylic acids is 1. The molecule has 0 spiro atoms. The number of methoxy groups -OCH3 is 1. The Kier molecular flexibility index (Phi) is 4.56. The van der Waals surface area contributed by atoms with E-state index in [0.717, 1.165) is 6.42 Å². The van der Waals surface area contributed by atoms with Crippen LogP contribution in [0.5, 0.6) is 0 Å². The van der Waals surface area contributed by atoms with Gasteiger partial charge in [0, 0.05) is 20.3 Å². The molecule has 0 aliphatic heterocycles. The number of hydrogen-bond acceptors (Lipinski definition) is 4. The molecule has 1 rings (SSSR count). The molecule has 2 N–H and O–H groups in total. The summed E-state index contributed by atoms with van der Waals surface area (Å²) in [6.45, 7) is 1.38. The third-order valence-corrected chi connectivity index (χ3v) is 1.80. The van der Waals surface area contributed by atoms with Crippen LogP contribution < -0.4 is 5.32 Å². The lowest BCUT2D eigenvalue weighted by molar-refractivity contribution is 0.0690. The average molecular weight is 210 g/mol. The normalized spacial score (nSPS) is 9.93. The van der Waals surface area contributed by atoms with E-state index in [1.165, 1.54) is 6.07 Å². The van der Waals surface area contributed by atoms with Crippen molar-refractivity contribution in [1.82, 2.24) is 4.98 Å². The van der Waals surface area contributed by atoms with Gasteiger partial charge in [0.1, 0.15) is 5.82 Å². The fourth-order valence-corrected chi connectivity index (χ4v) is 1.09. The molecule has 0 saturated carbocycles. The highest BCUT2D eigenvalue weighted by atomic mass is 16.5. The highest BCUT2D eigenvalue weighted by Gasteiger charge is 2.03. The Morgan fingerprint density at radius 2 is 2.40 bits per heavy atom. The molecule has 5 nitrogen and oxygen atoms in total. The summed E-state index contributed by atoms with van der Waals surface area (Å²) in [5, 5.41) is 11.7. The lowest BCUT2D eigenvalue weighted by atomic mass is 10.3. The van der Waals surface area contributed by atoms with Gasteiger partial charge in [-0.25, -0.2) is 9.78 Å². The van der Waals surface area contributed by atoms with Crippen molar-refractivity contribution in [3.8, 4) is 0 Å². The lowest BCUT2D eigenvalue weighted by Crippen LogP contribution is -2.08. The summed E-state index contributed by atoms with van der Waals surface area (Å²) < 4.78 is 4.89. The van der Waals surface area contributed by atoms with Crippen molar-refractivity contribution in [1.29, 1.82) is 0 Å². The van der Waals surface area contributed by atoms with Gasteiger partial charge >= 0.3 is 5.97 Å². The molecule has 0 fully saturated rings. The second-order valence-electron chi connectivity index (χ2n) is 2.99. The van der Waals surface area contributed by atoms with Gasteiger partial charge in [0.2, 0.25) is 0 Å². The monoisotopic (exact) mass is 210 g/mol. The zero-order chi connectivity index (χ0) is 11.1. The van der Waals surface area contributed by atoms with E-state index in [1.807, 2.05) is 0 Å². The Morgan fingerprint density at radius 3 is 3.07 bits per heavy atom. The minimum Gasteiger partial charge on any atom is -0.477 e. The van der Waals surface area contributed by atoms with Crippen LogP contribution in [0.4, 0.5) is 5.82 Å². The van der Waals surface area contributed by atoms with Crippen molar-refractivity contribution < 1.29 is 14.6 Å². The predicted molar refractivity (Wildman–Crippen MR) is 56.2 cm³/mol. The fraction of sp³-hybridized carbons (Fsp3) is 0.400. The van der Waals surface area contributed by atoms with Crippen LogP contribution >= 0.6 is 0 Å². The van der Waals surface area contributed by atoms with Gasteiger partial charge < -0.3 is 15.2 Å². The first-order chi connectivity index (χ1) is 7.24. The average Bonchev–Trinajstić information content (AvgIpc) is 2.25. The van der Waals surface area contributed by atoms with Crippen LogP contribution in [-0.2, 0) is 4.74 Å². The van der Waals surface area contributed by atoms with Crippen LogP contribution in [0.2, 0.25) is 0 Å². The van der Waals surface area contributed by atoms with Gasteiger partial charge in [-0.05, 0) is 18.6 Å². The number of rotatable bonds is 6. The molecule has 0 aliphatic carbocycles. The number of aromatic carboxylic acids is 1. The molecule has 1 aromatic heterocycles. The Morgan fingerprint density at radius 1 is 1.60 bits per heavy atom. The molecule has 0 unspecified atom stereocenters. The van der Waals surface area contributed by atoms with E-state index in [9.17, 15) is 4.79 Å². The summed E-state index contributed by atoms with van der Waals surface area (Å²) in [6, 6.07) is 4.86. The highest BCUT2D eigenvalue weighted by molar-refractivity contribution is 5.85. The van der Waals surface area contributed by atoms with E-state index >= 15 is 0 Å².